The van der Waals surface area contributed by atoms with Crippen LogP contribution in [0.25, 0.3) is 22.4 Å². The maximum atomic E-state index is 15.5. The van der Waals surface area contributed by atoms with Gasteiger partial charge in [-0.15, -0.1) is 5.10 Å². The fraction of sp³-hybridized carbons (Fsp3) is 0.179. The Morgan fingerprint density at radius 3 is 2.43 bits per heavy atom. The topological polar surface area (TPSA) is 117 Å². The first kappa shape index (κ1) is 28.6. The number of hydrogen-bond acceptors (Lipinski definition) is 7. The van der Waals surface area contributed by atoms with Gasteiger partial charge in [-0.25, -0.2) is 22.8 Å². The van der Waals surface area contributed by atoms with E-state index < -0.39 is 63.0 Å². The van der Waals surface area contributed by atoms with Gasteiger partial charge in [0.25, 0.3) is 11.2 Å². The number of hydrogen-bond donors (Lipinski definition) is 0. The maximum Gasteiger partial charge on any atom is 0.416 e. The number of non-ortho nitro benzene ring substituents is 1. The number of ether oxygens (including phenoxy) is 1. The average Bonchev–Trinajstić information content (AvgIpc) is 3.35. The molecule has 6 rings (SSSR count). The molecule has 0 bridgehead atoms. The second-order valence-electron chi connectivity index (χ2n) is 9.91. The molecule has 3 heterocycles. The molecular weight excluding hydrogens is 595 g/mol. The van der Waals surface area contributed by atoms with Crippen molar-refractivity contribution in [3.8, 4) is 17.1 Å². The molecule has 0 aliphatic carbocycles. The van der Waals surface area contributed by atoms with Crippen molar-refractivity contribution in [1.29, 1.82) is 0 Å². The van der Waals surface area contributed by atoms with Crippen molar-refractivity contribution < 1.29 is 31.6 Å². The van der Waals surface area contributed by atoms with E-state index >= 15 is 4.39 Å². The van der Waals surface area contributed by atoms with Gasteiger partial charge < -0.3 is 9.64 Å². The molecule has 0 unspecified atom stereocenters. The van der Waals surface area contributed by atoms with Crippen molar-refractivity contribution in [2.24, 2.45) is 0 Å². The first-order valence-corrected chi connectivity index (χ1v) is 12.8. The predicted molar refractivity (Wildman–Crippen MR) is 147 cm³/mol. The smallest absolute Gasteiger partial charge is 0.416 e. The maximum absolute atomic E-state index is 15.5. The Morgan fingerprint density at radius 2 is 1.75 bits per heavy atom. The summed E-state index contributed by atoms with van der Waals surface area (Å²) >= 11 is 0. The molecule has 0 fully saturated rings. The van der Waals surface area contributed by atoms with Gasteiger partial charge in [0.15, 0.2) is 17.2 Å². The van der Waals surface area contributed by atoms with Gasteiger partial charge in [0, 0.05) is 24.7 Å². The van der Waals surface area contributed by atoms with Crippen LogP contribution in [-0.4, -0.2) is 38.0 Å². The third-order valence-electron chi connectivity index (χ3n) is 7.40. The molecule has 1 aliphatic heterocycles. The number of alkyl halides is 3. The van der Waals surface area contributed by atoms with Crippen molar-refractivity contribution in [3.63, 3.8) is 0 Å². The third kappa shape index (κ3) is 4.28. The average molecular weight is 614 g/mol. The van der Waals surface area contributed by atoms with E-state index in [4.69, 9.17) is 4.74 Å². The number of fused-ring (bicyclic) bond motifs is 5. The minimum Gasteiger partial charge on any atom is -0.494 e. The van der Waals surface area contributed by atoms with Crippen LogP contribution in [0.2, 0.25) is 0 Å². The van der Waals surface area contributed by atoms with Crippen LogP contribution in [0, 0.1) is 21.7 Å². The fourth-order valence-electron chi connectivity index (χ4n) is 5.35. The molecule has 2 aromatic heterocycles. The van der Waals surface area contributed by atoms with Crippen molar-refractivity contribution in [2.75, 3.05) is 19.1 Å². The van der Waals surface area contributed by atoms with E-state index in [0.29, 0.717) is 20.9 Å². The van der Waals surface area contributed by atoms with Crippen LogP contribution in [0.15, 0.2) is 64.2 Å². The molecule has 226 valence electrons. The highest BCUT2D eigenvalue weighted by Crippen LogP contribution is 2.37. The first-order valence-electron chi connectivity index (χ1n) is 12.8. The van der Waals surface area contributed by atoms with Crippen LogP contribution in [0.3, 0.4) is 0 Å². The number of halogens is 5. The predicted octanol–water partition coefficient (Wildman–Crippen LogP) is 4.55. The molecule has 3 aromatic carbocycles. The number of nitro benzene ring substituents is 1. The zero-order valence-corrected chi connectivity index (χ0v) is 22.7. The van der Waals surface area contributed by atoms with Gasteiger partial charge in [-0.2, -0.15) is 13.2 Å². The van der Waals surface area contributed by atoms with Gasteiger partial charge in [0.1, 0.15) is 11.2 Å². The Balaban J connectivity index is 1.73. The Hall–Kier alpha value is -5.54. The Morgan fingerprint density at radius 1 is 1.02 bits per heavy atom. The summed E-state index contributed by atoms with van der Waals surface area (Å²) < 4.78 is 79.6. The van der Waals surface area contributed by atoms with Gasteiger partial charge in [-0.05, 0) is 30.3 Å². The monoisotopic (exact) mass is 614 g/mol. The molecule has 0 spiro atoms. The van der Waals surface area contributed by atoms with E-state index in [1.54, 1.807) is 11.9 Å². The largest absolute Gasteiger partial charge is 0.494 e. The highest BCUT2D eigenvalue weighted by atomic mass is 19.4. The molecule has 16 heteroatoms. The highest BCUT2D eigenvalue weighted by molar-refractivity contribution is 5.82. The van der Waals surface area contributed by atoms with Crippen molar-refractivity contribution in [2.45, 2.75) is 19.3 Å². The lowest BCUT2D eigenvalue weighted by Gasteiger charge is -2.27. The zero-order valence-electron chi connectivity index (χ0n) is 22.7. The standard InChI is InChI=1S/C28H19F5N6O5/c1-35-13-21-23-25(34-38(21)18-10-9-14(39(42)43)11-20(18)35)36(12-15-16(28(31,32)33)5-3-6-17(15)29)27(41)37(26(23)40)19-7-4-8-22(44-2)24(19)30/h3-11H,12-13H2,1-2H3. The van der Waals surface area contributed by atoms with E-state index in [1.165, 1.54) is 35.0 Å². The van der Waals surface area contributed by atoms with Crippen molar-refractivity contribution in [3.05, 3.63) is 114 Å². The molecule has 0 atom stereocenters. The first-order chi connectivity index (χ1) is 20.8. The lowest BCUT2D eigenvalue weighted by molar-refractivity contribution is -0.384. The number of methoxy groups -OCH3 is 1. The summed E-state index contributed by atoms with van der Waals surface area (Å²) in [5, 5.41) is 15.5. The number of nitrogens with zero attached hydrogens (tertiary/aromatic N) is 6. The summed E-state index contributed by atoms with van der Waals surface area (Å²) in [7, 11) is 2.74. The SMILES string of the molecule is COc1cccc(-n2c(=O)c3c4n(nc3n(Cc3c(F)cccc3C(F)(F)F)c2=O)-c2ccc([N+](=O)[O-])cc2N(C)C4)c1F. The van der Waals surface area contributed by atoms with Gasteiger partial charge in [-0.1, -0.05) is 12.1 Å². The van der Waals surface area contributed by atoms with Crippen LogP contribution >= 0.6 is 0 Å². The van der Waals surface area contributed by atoms with E-state index in [1.807, 2.05) is 0 Å². The van der Waals surface area contributed by atoms with E-state index in [9.17, 15) is 37.3 Å². The number of aromatic nitrogens is 4. The molecule has 11 nitrogen and oxygen atoms in total. The number of benzene rings is 3. The molecule has 44 heavy (non-hydrogen) atoms. The molecular formula is C28H19F5N6O5. The lowest BCUT2D eigenvalue weighted by atomic mass is 10.1. The second kappa shape index (κ2) is 10.0. The lowest BCUT2D eigenvalue weighted by Crippen LogP contribution is -2.40. The molecule has 1 aliphatic rings. The Bertz CT molecular complexity index is 2140. The number of anilines is 1. The summed E-state index contributed by atoms with van der Waals surface area (Å²) in [6.07, 6.45) is -5.00. The summed E-state index contributed by atoms with van der Waals surface area (Å²) in [5.74, 6) is -2.69. The second-order valence-corrected chi connectivity index (χ2v) is 9.91. The van der Waals surface area contributed by atoms with E-state index in [0.717, 1.165) is 25.3 Å². The minimum atomic E-state index is -5.00. The third-order valence-corrected chi connectivity index (χ3v) is 7.40. The Kier molecular flexibility index (Phi) is 6.51. The summed E-state index contributed by atoms with van der Waals surface area (Å²) in [6.45, 7) is -1.12. The van der Waals surface area contributed by atoms with Crippen molar-refractivity contribution in [1.82, 2.24) is 18.9 Å². The highest BCUT2D eigenvalue weighted by Gasteiger charge is 2.36. The zero-order chi connectivity index (χ0) is 31.7. The van der Waals surface area contributed by atoms with Gasteiger partial charge in [-0.3, -0.25) is 19.5 Å². The van der Waals surface area contributed by atoms with Crippen LogP contribution in [-0.2, 0) is 19.3 Å². The van der Waals surface area contributed by atoms with Crippen LogP contribution in [0.1, 0.15) is 16.8 Å². The summed E-state index contributed by atoms with van der Waals surface area (Å²) in [6, 6.07) is 9.79. The molecule has 0 radical (unpaired) electrons. The van der Waals surface area contributed by atoms with Crippen LogP contribution in [0.5, 0.6) is 5.75 Å². The van der Waals surface area contributed by atoms with Gasteiger partial charge in [0.2, 0.25) is 0 Å². The fourth-order valence-corrected chi connectivity index (χ4v) is 5.35. The van der Waals surface area contributed by atoms with Gasteiger partial charge in [0.05, 0.1) is 53.4 Å². The summed E-state index contributed by atoms with van der Waals surface area (Å²) in [4.78, 5) is 40.3. The Labute approximate surface area is 242 Å². The van der Waals surface area contributed by atoms with Gasteiger partial charge >= 0.3 is 11.9 Å². The quantitative estimate of drug-likeness (QED) is 0.162. The summed E-state index contributed by atoms with van der Waals surface area (Å²) in [5.41, 5.74) is -5.03. The van der Waals surface area contributed by atoms with E-state index in [2.05, 4.69) is 5.10 Å². The normalized spacial score (nSPS) is 12.8. The van der Waals surface area contributed by atoms with Crippen LogP contribution < -0.4 is 20.9 Å². The molecule has 0 amide bonds. The van der Waals surface area contributed by atoms with Crippen LogP contribution in [0.4, 0.5) is 33.3 Å². The van der Waals surface area contributed by atoms with E-state index in [-0.39, 0.29) is 34.7 Å². The minimum absolute atomic E-state index is 0.0911. The van der Waals surface area contributed by atoms with Crippen molar-refractivity contribution >= 4 is 22.4 Å². The molecule has 0 saturated heterocycles. The number of rotatable bonds is 5. The molecule has 0 N–H and O–H groups in total. The molecule has 5 aromatic rings. The number of nitro groups is 1. The molecule has 0 saturated carbocycles.